The quantitative estimate of drug-likeness (QED) is 0.713. The van der Waals surface area contributed by atoms with Crippen LogP contribution in [0.5, 0.6) is 0 Å². The van der Waals surface area contributed by atoms with Gasteiger partial charge in [-0.3, -0.25) is 4.90 Å². The smallest absolute Gasteiger partial charge is 0.0991 e. The highest BCUT2D eigenvalue weighted by Gasteiger charge is 2.40. The van der Waals surface area contributed by atoms with E-state index < -0.39 is 0 Å². The number of benzene rings is 1. The van der Waals surface area contributed by atoms with Gasteiger partial charge in [0, 0.05) is 31.9 Å². The summed E-state index contributed by atoms with van der Waals surface area (Å²) in [5.74, 6) is 0.542. The Bertz CT molecular complexity index is 674. The maximum atomic E-state index is 9.49. The molecule has 27 heavy (non-hydrogen) atoms. The van der Waals surface area contributed by atoms with Crippen LogP contribution in [-0.4, -0.2) is 37.6 Å². The highest BCUT2D eigenvalue weighted by Crippen LogP contribution is 2.53. The molecule has 1 saturated carbocycles. The van der Waals surface area contributed by atoms with Gasteiger partial charge in [-0.2, -0.15) is 5.26 Å². The molecule has 2 aliphatic rings. The maximum Gasteiger partial charge on any atom is 0.0991 e. The Labute approximate surface area is 166 Å². The van der Waals surface area contributed by atoms with Crippen LogP contribution in [0, 0.1) is 22.2 Å². The first-order valence-corrected chi connectivity index (χ1v) is 10.7. The number of nitriles is 1. The summed E-state index contributed by atoms with van der Waals surface area (Å²) in [4.78, 5) is 5.14. The topological polar surface area (TPSA) is 30.3 Å². The van der Waals surface area contributed by atoms with Gasteiger partial charge in [-0.05, 0) is 72.7 Å². The van der Waals surface area contributed by atoms with Crippen molar-refractivity contribution >= 4 is 5.69 Å². The molecule has 0 N–H and O–H groups in total. The third kappa shape index (κ3) is 4.85. The van der Waals surface area contributed by atoms with Gasteiger partial charge in [0.05, 0.1) is 11.6 Å². The van der Waals surface area contributed by atoms with E-state index in [-0.39, 0.29) is 0 Å². The fourth-order valence-electron chi connectivity index (χ4n) is 5.83. The minimum atomic E-state index is 0.353. The van der Waals surface area contributed by atoms with E-state index in [1.54, 1.807) is 0 Å². The highest BCUT2D eigenvalue weighted by atomic mass is 15.3. The molecule has 0 amide bonds. The van der Waals surface area contributed by atoms with Crippen molar-refractivity contribution in [2.24, 2.45) is 10.8 Å². The third-order valence-electron chi connectivity index (χ3n) is 6.40. The minimum Gasteiger partial charge on any atom is -0.369 e. The average Bonchev–Trinajstić information content (AvgIpc) is 2.59. The number of anilines is 1. The van der Waals surface area contributed by atoms with Gasteiger partial charge in [0.15, 0.2) is 0 Å². The summed E-state index contributed by atoms with van der Waals surface area (Å²) in [6, 6.07) is 8.80. The summed E-state index contributed by atoms with van der Waals surface area (Å²) < 4.78 is 0. The summed E-state index contributed by atoms with van der Waals surface area (Å²) in [5.41, 5.74) is 4.31. The lowest BCUT2D eigenvalue weighted by atomic mass is 9.60. The van der Waals surface area contributed by atoms with Gasteiger partial charge in [0.1, 0.15) is 0 Å². The lowest BCUT2D eigenvalue weighted by molar-refractivity contribution is 0.0970. The van der Waals surface area contributed by atoms with Crippen LogP contribution in [0.2, 0.25) is 0 Å². The molecule has 2 fully saturated rings. The molecule has 1 aliphatic heterocycles. The zero-order valence-corrected chi connectivity index (χ0v) is 18.0. The molecule has 0 atom stereocenters. The van der Waals surface area contributed by atoms with Crippen molar-refractivity contribution in [3.05, 3.63) is 29.3 Å². The molecular weight excluding hydrogens is 330 g/mol. The zero-order chi connectivity index (χ0) is 19.7. The van der Waals surface area contributed by atoms with Crippen LogP contribution in [0.4, 0.5) is 5.69 Å². The van der Waals surface area contributed by atoms with Gasteiger partial charge in [0.25, 0.3) is 0 Å². The molecular formula is C24H37N3. The van der Waals surface area contributed by atoms with E-state index in [1.807, 2.05) is 6.07 Å². The van der Waals surface area contributed by atoms with Crippen molar-refractivity contribution in [3.8, 4) is 6.07 Å². The number of rotatable bonds is 4. The Morgan fingerprint density at radius 2 is 1.67 bits per heavy atom. The van der Waals surface area contributed by atoms with E-state index in [1.165, 1.54) is 43.5 Å². The van der Waals surface area contributed by atoms with Crippen molar-refractivity contribution < 1.29 is 0 Å². The normalized spacial score (nSPS) is 23.2. The molecule has 0 radical (unpaired) electrons. The van der Waals surface area contributed by atoms with Crippen molar-refractivity contribution in [3.63, 3.8) is 0 Å². The molecule has 1 aromatic carbocycles. The zero-order valence-electron chi connectivity index (χ0n) is 18.0. The molecule has 3 nitrogen and oxygen atoms in total. The molecule has 1 saturated heterocycles. The van der Waals surface area contributed by atoms with Crippen LogP contribution in [0.15, 0.2) is 18.2 Å². The number of nitrogens with zero attached hydrogens (tertiary/aromatic N) is 3. The van der Waals surface area contributed by atoms with Crippen LogP contribution in [0.3, 0.4) is 0 Å². The molecule has 3 rings (SSSR count). The van der Waals surface area contributed by atoms with E-state index in [9.17, 15) is 5.26 Å². The summed E-state index contributed by atoms with van der Waals surface area (Å²) in [6.07, 6.45) is 4.94. The predicted octanol–water partition coefficient (Wildman–Crippen LogP) is 5.41. The molecule has 1 aromatic rings. The van der Waals surface area contributed by atoms with E-state index in [0.717, 1.165) is 31.7 Å². The Kier molecular flexibility index (Phi) is 5.87. The lowest BCUT2D eigenvalue weighted by Crippen LogP contribution is -2.47. The van der Waals surface area contributed by atoms with Crippen molar-refractivity contribution in [2.75, 3.05) is 37.6 Å². The first-order valence-electron chi connectivity index (χ1n) is 10.7. The van der Waals surface area contributed by atoms with Crippen LogP contribution in [0.25, 0.3) is 0 Å². The monoisotopic (exact) mass is 367 g/mol. The highest BCUT2D eigenvalue weighted by molar-refractivity contribution is 5.59. The van der Waals surface area contributed by atoms with Crippen molar-refractivity contribution in [1.29, 1.82) is 5.26 Å². The van der Waals surface area contributed by atoms with Crippen molar-refractivity contribution in [1.82, 2.24) is 4.90 Å². The van der Waals surface area contributed by atoms with Crippen molar-refractivity contribution in [2.45, 2.75) is 66.2 Å². The summed E-state index contributed by atoms with van der Waals surface area (Å²) >= 11 is 0. The Morgan fingerprint density at radius 3 is 2.22 bits per heavy atom. The number of hydrogen-bond acceptors (Lipinski definition) is 3. The van der Waals surface area contributed by atoms with Gasteiger partial charge in [-0.25, -0.2) is 0 Å². The molecule has 1 heterocycles. The van der Waals surface area contributed by atoms with Crippen LogP contribution in [0.1, 0.15) is 77.3 Å². The van der Waals surface area contributed by atoms with Gasteiger partial charge >= 0.3 is 0 Å². The molecule has 3 heteroatoms. The van der Waals surface area contributed by atoms with Gasteiger partial charge < -0.3 is 4.90 Å². The second kappa shape index (κ2) is 7.84. The number of hydrogen-bond donors (Lipinski definition) is 0. The van der Waals surface area contributed by atoms with E-state index in [0.29, 0.717) is 16.7 Å². The Hall–Kier alpha value is -1.53. The lowest BCUT2D eigenvalue weighted by Gasteiger charge is -2.46. The molecule has 0 spiro atoms. The third-order valence-corrected chi connectivity index (χ3v) is 6.40. The van der Waals surface area contributed by atoms with Gasteiger partial charge in [0.2, 0.25) is 0 Å². The average molecular weight is 368 g/mol. The summed E-state index contributed by atoms with van der Waals surface area (Å²) in [7, 11) is 0. The second-order valence-corrected chi connectivity index (χ2v) is 10.3. The Balaban J connectivity index is 1.89. The van der Waals surface area contributed by atoms with Gasteiger partial charge in [-0.1, -0.05) is 34.6 Å². The van der Waals surface area contributed by atoms with Crippen LogP contribution < -0.4 is 4.90 Å². The van der Waals surface area contributed by atoms with E-state index in [4.69, 9.17) is 0 Å². The number of piperazine rings is 1. The summed E-state index contributed by atoms with van der Waals surface area (Å²) in [5, 5.41) is 9.49. The second-order valence-electron chi connectivity index (χ2n) is 10.3. The fraction of sp³-hybridized carbons (Fsp3) is 0.708. The molecule has 0 unspecified atom stereocenters. The molecule has 0 bridgehead atoms. The maximum absolute atomic E-state index is 9.49. The largest absolute Gasteiger partial charge is 0.369 e. The Morgan fingerprint density at radius 1 is 1.04 bits per heavy atom. The standard InChI is InChI=1S/C24H37N3/c1-6-9-26-10-12-27(13-11-26)22-8-7-19(17-25)14-21(22)20-15-23(2,3)18-24(4,5)16-20/h7-8,14,20H,6,9-13,15-16,18H2,1-5H3. The van der Waals surface area contributed by atoms with Crippen LogP contribution in [-0.2, 0) is 0 Å². The molecule has 1 aliphatic carbocycles. The predicted molar refractivity (Wildman–Crippen MR) is 114 cm³/mol. The minimum absolute atomic E-state index is 0.353. The fourth-order valence-corrected chi connectivity index (χ4v) is 5.83. The van der Waals surface area contributed by atoms with Crippen LogP contribution >= 0.6 is 0 Å². The summed E-state index contributed by atoms with van der Waals surface area (Å²) in [6.45, 7) is 17.6. The van der Waals surface area contributed by atoms with E-state index in [2.05, 4.69) is 62.6 Å². The first-order chi connectivity index (χ1) is 12.7. The SMILES string of the molecule is CCCN1CCN(c2ccc(C#N)cc2C2CC(C)(C)CC(C)(C)C2)CC1. The van der Waals surface area contributed by atoms with Gasteiger partial charge in [-0.15, -0.1) is 0 Å². The molecule has 0 aromatic heterocycles. The molecule has 148 valence electrons. The van der Waals surface area contributed by atoms with E-state index >= 15 is 0 Å². The first kappa shape index (κ1) is 20.2.